The lowest BCUT2D eigenvalue weighted by Crippen LogP contribution is -2.29. The Kier molecular flexibility index (Phi) is 11.5. The predicted molar refractivity (Wildman–Crippen MR) is 71.1 cm³/mol. The third-order valence-electron chi connectivity index (χ3n) is 1.82. The van der Waals surface area contributed by atoms with Gasteiger partial charge >= 0.3 is 35.8 Å². The summed E-state index contributed by atoms with van der Waals surface area (Å²) in [6, 6.07) is 0. The molecule has 0 radical (unpaired) electrons. The van der Waals surface area contributed by atoms with Gasteiger partial charge in [-0.2, -0.15) is 0 Å². The molecule has 24 heavy (non-hydrogen) atoms. The van der Waals surface area contributed by atoms with Crippen molar-refractivity contribution in [3.8, 4) is 0 Å². The van der Waals surface area contributed by atoms with Gasteiger partial charge in [0.1, 0.15) is 0 Å². The molecule has 0 aliphatic heterocycles. The van der Waals surface area contributed by atoms with Crippen LogP contribution in [0.3, 0.4) is 0 Å². The summed E-state index contributed by atoms with van der Waals surface area (Å²) in [6.45, 7) is 0. The Bertz CT molecular complexity index is 516. The Hall–Kier alpha value is -3.44. The number of rotatable bonds is 9. The smallest absolute Gasteiger partial charge is 0.345 e. The van der Waals surface area contributed by atoms with Crippen LogP contribution in [0.1, 0.15) is 19.3 Å². The number of ether oxygens (including phenoxy) is 1. The highest BCUT2D eigenvalue weighted by Gasteiger charge is 2.25. The molecule has 0 heterocycles. The van der Waals surface area contributed by atoms with Crippen LogP contribution < -0.4 is 0 Å². The molecule has 0 aromatic heterocycles. The Labute approximate surface area is 133 Å². The fourth-order valence-corrected chi connectivity index (χ4v) is 0.907. The SMILES string of the molecule is O=C(O)/C=C/C(=O)O.O=C(O)CCC(=O)OC(CC(=O)O)C(=O)O. The summed E-state index contributed by atoms with van der Waals surface area (Å²) in [6.07, 6.45) is -2.55. The van der Waals surface area contributed by atoms with Crippen molar-refractivity contribution in [2.45, 2.75) is 25.4 Å². The molecule has 0 aromatic carbocycles. The van der Waals surface area contributed by atoms with Crippen molar-refractivity contribution >= 4 is 35.8 Å². The molecular weight excluding hydrogens is 336 g/mol. The largest absolute Gasteiger partial charge is 0.481 e. The molecule has 0 rings (SSSR count). The van der Waals surface area contributed by atoms with Gasteiger partial charge in [-0.25, -0.2) is 14.4 Å². The molecule has 0 amide bonds. The molecule has 5 N–H and O–H groups in total. The van der Waals surface area contributed by atoms with Crippen LogP contribution in [0.5, 0.6) is 0 Å². The number of carboxylic acids is 5. The average Bonchev–Trinajstić information content (AvgIpc) is 2.42. The van der Waals surface area contributed by atoms with Crippen molar-refractivity contribution in [2.24, 2.45) is 0 Å². The molecule has 0 bridgehead atoms. The van der Waals surface area contributed by atoms with E-state index in [1.54, 1.807) is 0 Å². The number of aliphatic carboxylic acids is 5. The lowest BCUT2D eigenvalue weighted by Gasteiger charge is -2.10. The lowest BCUT2D eigenvalue weighted by molar-refractivity contribution is -0.167. The molecule has 134 valence electrons. The average molecular weight is 350 g/mol. The van der Waals surface area contributed by atoms with Crippen molar-refractivity contribution in [3.63, 3.8) is 0 Å². The van der Waals surface area contributed by atoms with Crippen LogP contribution in [-0.2, 0) is 33.5 Å². The second-order valence-electron chi connectivity index (χ2n) is 3.82. The van der Waals surface area contributed by atoms with Crippen molar-refractivity contribution in [2.75, 3.05) is 0 Å². The van der Waals surface area contributed by atoms with E-state index >= 15 is 0 Å². The van der Waals surface area contributed by atoms with Crippen molar-refractivity contribution in [1.82, 2.24) is 0 Å². The van der Waals surface area contributed by atoms with E-state index in [0.29, 0.717) is 12.2 Å². The molecular formula is C12H14O12. The van der Waals surface area contributed by atoms with Crippen LogP contribution >= 0.6 is 0 Å². The number of carbonyl (C=O) groups excluding carboxylic acids is 1. The second kappa shape index (κ2) is 12.1. The third kappa shape index (κ3) is 16.6. The van der Waals surface area contributed by atoms with Gasteiger partial charge in [0, 0.05) is 12.2 Å². The van der Waals surface area contributed by atoms with Crippen molar-refractivity contribution in [3.05, 3.63) is 12.2 Å². The number of hydrogen-bond donors (Lipinski definition) is 5. The van der Waals surface area contributed by atoms with Crippen molar-refractivity contribution in [1.29, 1.82) is 0 Å². The summed E-state index contributed by atoms with van der Waals surface area (Å²) < 4.78 is 4.29. The van der Waals surface area contributed by atoms with Crippen LogP contribution in [0, 0.1) is 0 Å². The first kappa shape index (κ1) is 22.8. The highest BCUT2D eigenvalue weighted by molar-refractivity contribution is 5.89. The molecule has 0 spiro atoms. The zero-order valence-corrected chi connectivity index (χ0v) is 11.9. The minimum Gasteiger partial charge on any atom is -0.481 e. The van der Waals surface area contributed by atoms with Crippen LogP contribution in [0.15, 0.2) is 12.2 Å². The maximum Gasteiger partial charge on any atom is 0.345 e. The Balaban J connectivity index is 0. The van der Waals surface area contributed by atoms with Gasteiger partial charge < -0.3 is 30.3 Å². The van der Waals surface area contributed by atoms with E-state index in [9.17, 15) is 28.8 Å². The van der Waals surface area contributed by atoms with Gasteiger partial charge in [0.15, 0.2) is 0 Å². The normalized spacial score (nSPS) is 10.8. The molecule has 0 aliphatic rings. The van der Waals surface area contributed by atoms with E-state index in [0.717, 1.165) is 0 Å². The number of carbonyl (C=O) groups is 6. The first-order chi connectivity index (χ1) is 11.0. The minimum absolute atomic E-state index is 0.501. The molecule has 0 fully saturated rings. The lowest BCUT2D eigenvalue weighted by atomic mass is 10.2. The summed E-state index contributed by atoms with van der Waals surface area (Å²) in [4.78, 5) is 60.8. The summed E-state index contributed by atoms with van der Waals surface area (Å²) in [5.74, 6) is -7.83. The van der Waals surface area contributed by atoms with Crippen molar-refractivity contribution < 1.29 is 59.0 Å². The van der Waals surface area contributed by atoms with Gasteiger partial charge in [-0.1, -0.05) is 0 Å². The van der Waals surface area contributed by atoms with Crippen LogP contribution in [0.2, 0.25) is 0 Å². The van der Waals surface area contributed by atoms with E-state index < -0.39 is 61.2 Å². The van der Waals surface area contributed by atoms with Gasteiger partial charge in [0.2, 0.25) is 6.10 Å². The zero-order valence-electron chi connectivity index (χ0n) is 11.9. The van der Waals surface area contributed by atoms with Gasteiger partial charge in [0.05, 0.1) is 19.3 Å². The maximum absolute atomic E-state index is 10.9. The first-order valence-corrected chi connectivity index (χ1v) is 5.95. The molecule has 1 atom stereocenters. The monoisotopic (exact) mass is 350 g/mol. The Morgan fingerprint density at radius 3 is 1.50 bits per heavy atom. The van der Waals surface area contributed by atoms with E-state index in [2.05, 4.69) is 4.74 Å². The molecule has 0 aromatic rings. The number of hydrogen-bond acceptors (Lipinski definition) is 7. The van der Waals surface area contributed by atoms with E-state index in [4.69, 9.17) is 25.5 Å². The van der Waals surface area contributed by atoms with Gasteiger partial charge in [-0.15, -0.1) is 0 Å². The molecule has 0 saturated heterocycles. The van der Waals surface area contributed by atoms with E-state index in [1.807, 2.05) is 0 Å². The zero-order chi connectivity index (χ0) is 19.3. The Morgan fingerprint density at radius 1 is 0.750 bits per heavy atom. The maximum atomic E-state index is 10.9. The molecule has 12 nitrogen and oxygen atoms in total. The van der Waals surface area contributed by atoms with Gasteiger partial charge in [0.25, 0.3) is 0 Å². The quantitative estimate of drug-likeness (QED) is 0.251. The molecule has 12 heteroatoms. The van der Waals surface area contributed by atoms with E-state index in [1.165, 1.54) is 0 Å². The highest BCUT2D eigenvalue weighted by atomic mass is 16.6. The summed E-state index contributed by atoms with van der Waals surface area (Å²) in [5.41, 5.74) is 0. The number of esters is 1. The Morgan fingerprint density at radius 2 is 1.21 bits per heavy atom. The van der Waals surface area contributed by atoms with Gasteiger partial charge in [-0.05, 0) is 0 Å². The highest BCUT2D eigenvalue weighted by Crippen LogP contribution is 2.03. The summed E-state index contributed by atoms with van der Waals surface area (Å²) in [5, 5.41) is 40.7. The first-order valence-electron chi connectivity index (χ1n) is 5.95. The fraction of sp³-hybridized carbons (Fsp3) is 0.333. The number of carboxylic acid groups (broad SMARTS) is 5. The standard InChI is InChI=1S/C8H10O8.C4H4O4/c9-5(10)1-2-7(13)16-4(8(14)15)3-6(11)12;5-3(6)1-2-4(7)8/h4H,1-3H2,(H,9,10)(H,11,12)(H,14,15);1-2H,(H,5,6)(H,7,8)/b;2-1+. The molecule has 0 saturated carbocycles. The summed E-state index contributed by atoms with van der Waals surface area (Å²) >= 11 is 0. The minimum atomic E-state index is -1.79. The third-order valence-corrected chi connectivity index (χ3v) is 1.82. The van der Waals surface area contributed by atoms with Crippen LogP contribution in [-0.4, -0.2) is 67.5 Å². The van der Waals surface area contributed by atoms with Gasteiger partial charge in [-0.3, -0.25) is 14.4 Å². The molecule has 0 aliphatic carbocycles. The predicted octanol–water partition coefficient (Wildman–Crippen LogP) is -0.966. The molecule has 1 unspecified atom stereocenters. The van der Waals surface area contributed by atoms with E-state index in [-0.39, 0.29) is 0 Å². The van der Waals surface area contributed by atoms with Crippen LogP contribution in [0.25, 0.3) is 0 Å². The summed E-state index contributed by atoms with van der Waals surface area (Å²) in [7, 11) is 0. The topological polar surface area (TPSA) is 213 Å². The van der Waals surface area contributed by atoms with Crippen LogP contribution in [0.4, 0.5) is 0 Å². The second-order valence-corrected chi connectivity index (χ2v) is 3.82. The fourth-order valence-electron chi connectivity index (χ4n) is 0.907.